The Hall–Kier alpha value is -3.20. The first-order valence-corrected chi connectivity index (χ1v) is 12.2. The Morgan fingerprint density at radius 1 is 0.559 bits per heavy atom. The molecule has 0 saturated carbocycles. The monoisotopic (exact) mass is 444 g/mol. The minimum atomic E-state index is -0.277. The zero-order valence-electron chi connectivity index (χ0n) is 20.6. The number of nitrogens with zero attached hydrogens (tertiary/aromatic N) is 2. The van der Waals surface area contributed by atoms with Gasteiger partial charge in [-0.2, -0.15) is 0 Å². The van der Waals surface area contributed by atoms with Crippen LogP contribution in [-0.4, -0.2) is 38.0 Å². The van der Waals surface area contributed by atoms with Gasteiger partial charge in [0.05, 0.1) is 5.41 Å². The lowest BCUT2D eigenvalue weighted by Crippen LogP contribution is -2.34. The van der Waals surface area contributed by atoms with Crippen LogP contribution in [0, 0.1) is 0 Å². The molecule has 2 aliphatic carbocycles. The van der Waals surface area contributed by atoms with Crippen molar-refractivity contribution in [3.63, 3.8) is 0 Å². The zero-order chi connectivity index (χ0) is 23.4. The van der Waals surface area contributed by atoms with Crippen molar-refractivity contribution in [1.29, 1.82) is 0 Å². The maximum atomic E-state index is 2.50. The molecule has 1 atom stereocenters. The molecule has 0 fully saturated rings. The van der Waals surface area contributed by atoms with Crippen molar-refractivity contribution >= 4 is 0 Å². The van der Waals surface area contributed by atoms with Crippen molar-refractivity contribution in [2.24, 2.45) is 0 Å². The summed E-state index contributed by atoms with van der Waals surface area (Å²) in [5.74, 6) is 0. The molecule has 6 rings (SSSR count). The number of hydrogen-bond donors (Lipinski definition) is 0. The second-order valence-corrected chi connectivity index (χ2v) is 10.5. The van der Waals surface area contributed by atoms with Crippen molar-refractivity contribution in [2.75, 3.05) is 28.2 Å². The highest BCUT2D eigenvalue weighted by atomic mass is 15.1. The molecular formula is C32H32N2. The van der Waals surface area contributed by atoms with Gasteiger partial charge in [-0.3, -0.25) is 0 Å². The van der Waals surface area contributed by atoms with Crippen LogP contribution in [0.15, 0.2) is 84.9 Å². The molecule has 0 aromatic heterocycles. The summed E-state index contributed by atoms with van der Waals surface area (Å²) in [6.07, 6.45) is 0.990. The fourth-order valence-electron chi connectivity index (χ4n) is 6.35. The third kappa shape index (κ3) is 3.10. The smallest absolute Gasteiger partial charge is 0.0719 e. The summed E-state index contributed by atoms with van der Waals surface area (Å²) >= 11 is 0. The Morgan fingerprint density at radius 3 is 1.85 bits per heavy atom. The lowest BCUT2D eigenvalue weighted by atomic mass is 9.61. The molecule has 2 heteroatoms. The molecule has 0 N–H and O–H groups in total. The van der Waals surface area contributed by atoms with Gasteiger partial charge in [0.2, 0.25) is 0 Å². The maximum Gasteiger partial charge on any atom is 0.0719 e. The van der Waals surface area contributed by atoms with E-state index in [0.29, 0.717) is 0 Å². The quantitative estimate of drug-likeness (QED) is 0.325. The summed E-state index contributed by atoms with van der Waals surface area (Å²) in [6.45, 7) is 1.88. The molecular weight excluding hydrogens is 412 g/mol. The van der Waals surface area contributed by atoms with Gasteiger partial charge in [-0.25, -0.2) is 0 Å². The predicted molar refractivity (Wildman–Crippen MR) is 141 cm³/mol. The summed E-state index contributed by atoms with van der Waals surface area (Å²) in [4.78, 5) is 4.52. The molecule has 2 aliphatic rings. The molecule has 0 radical (unpaired) electrons. The third-order valence-corrected chi connectivity index (χ3v) is 7.49. The molecule has 170 valence electrons. The van der Waals surface area contributed by atoms with Crippen LogP contribution in [0.3, 0.4) is 0 Å². The van der Waals surface area contributed by atoms with E-state index in [2.05, 4.69) is 123 Å². The largest absolute Gasteiger partial charge is 0.305 e. The van der Waals surface area contributed by atoms with E-state index < -0.39 is 0 Å². The third-order valence-electron chi connectivity index (χ3n) is 7.49. The highest BCUT2D eigenvalue weighted by Gasteiger charge is 2.49. The van der Waals surface area contributed by atoms with Crippen molar-refractivity contribution < 1.29 is 0 Å². The number of rotatable bonds is 4. The van der Waals surface area contributed by atoms with E-state index in [1.165, 1.54) is 55.6 Å². The lowest BCUT2D eigenvalue weighted by Gasteiger charge is -2.40. The highest BCUT2D eigenvalue weighted by molar-refractivity contribution is 5.88. The molecule has 1 unspecified atom stereocenters. The predicted octanol–water partition coefficient (Wildman–Crippen LogP) is 6.08. The van der Waals surface area contributed by atoms with Gasteiger partial charge in [-0.05, 0) is 90.2 Å². The molecule has 1 spiro atoms. The first-order chi connectivity index (χ1) is 16.5. The summed E-state index contributed by atoms with van der Waals surface area (Å²) in [7, 11) is 8.60. The molecule has 0 bridgehead atoms. The Kier molecular flexibility index (Phi) is 4.98. The van der Waals surface area contributed by atoms with Crippen LogP contribution in [-0.2, 0) is 24.9 Å². The second-order valence-electron chi connectivity index (χ2n) is 10.5. The summed E-state index contributed by atoms with van der Waals surface area (Å²) in [5.41, 5.74) is 13.8. The van der Waals surface area contributed by atoms with Crippen molar-refractivity contribution in [3.8, 4) is 11.1 Å². The fraction of sp³-hybridized carbons (Fsp3) is 0.250. The van der Waals surface area contributed by atoms with E-state index in [9.17, 15) is 0 Å². The van der Waals surface area contributed by atoms with Gasteiger partial charge in [0.25, 0.3) is 0 Å². The van der Waals surface area contributed by atoms with Crippen LogP contribution in [0.2, 0.25) is 0 Å². The summed E-state index contributed by atoms with van der Waals surface area (Å²) in [5, 5.41) is 0. The van der Waals surface area contributed by atoms with Gasteiger partial charge < -0.3 is 9.80 Å². The second kappa shape index (κ2) is 7.94. The van der Waals surface area contributed by atoms with E-state index in [-0.39, 0.29) is 5.41 Å². The molecule has 0 heterocycles. The van der Waals surface area contributed by atoms with Crippen molar-refractivity contribution in [3.05, 3.63) is 129 Å². The van der Waals surface area contributed by atoms with Crippen LogP contribution in [0.25, 0.3) is 11.1 Å². The molecule has 2 nitrogen and oxygen atoms in total. The van der Waals surface area contributed by atoms with Gasteiger partial charge >= 0.3 is 0 Å². The summed E-state index contributed by atoms with van der Waals surface area (Å²) < 4.78 is 0. The van der Waals surface area contributed by atoms with E-state index >= 15 is 0 Å². The van der Waals surface area contributed by atoms with E-state index in [1.54, 1.807) is 0 Å². The first kappa shape index (κ1) is 21.3. The van der Waals surface area contributed by atoms with E-state index in [0.717, 1.165) is 19.5 Å². The summed E-state index contributed by atoms with van der Waals surface area (Å²) in [6, 6.07) is 32.6. The molecule has 0 amide bonds. The average molecular weight is 445 g/mol. The standard InChI is InChI=1S/C32H32N2/c1-33(2)20-22-13-15-25-19-24-9-5-7-11-28(24)32(30(25)17-22)29-12-8-6-10-26(29)27-16-14-23(18-31(27)32)21-34(3)4/h5-18H,19-21H2,1-4H3. The SMILES string of the molecule is CN(C)Cc1ccc2c(c1)C1(c3ccccc3C2)c2ccccc2-c2ccc(CN(C)C)cc21. The molecule has 34 heavy (non-hydrogen) atoms. The van der Waals surface area contributed by atoms with Gasteiger partial charge in [-0.1, -0.05) is 84.9 Å². The fourth-order valence-corrected chi connectivity index (χ4v) is 6.35. The van der Waals surface area contributed by atoms with E-state index in [1.807, 2.05) is 0 Å². The minimum Gasteiger partial charge on any atom is -0.305 e. The van der Waals surface area contributed by atoms with Crippen LogP contribution >= 0.6 is 0 Å². The molecule has 4 aromatic carbocycles. The highest BCUT2D eigenvalue weighted by Crippen LogP contribution is 2.59. The normalized spacial score (nSPS) is 17.6. The number of benzene rings is 4. The Bertz CT molecular complexity index is 1400. The lowest BCUT2D eigenvalue weighted by molar-refractivity contribution is 0.402. The molecule has 0 saturated heterocycles. The number of fused-ring (bicyclic) bond motifs is 9. The topological polar surface area (TPSA) is 6.48 Å². The van der Waals surface area contributed by atoms with Crippen molar-refractivity contribution in [1.82, 2.24) is 9.80 Å². The molecule has 4 aromatic rings. The first-order valence-electron chi connectivity index (χ1n) is 12.2. The van der Waals surface area contributed by atoms with Crippen molar-refractivity contribution in [2.45, 2.75) is 24.9 Å². The molecule has 0 aliphatic heterocycles. The van der Waals surface area contributed by atoms with E-state index in [4.69, 9.17) is 0 Å². The van der Waals surface area contributed by atoms with Crippen LogP contribution < -0.4 is 0 Å². The van der Waals surface area contributed by atoms with Crippen LogP contribution in [0.1, 0.15) is 44.5 Å². The van der Waals surface area contributed by atoms with Gasteiger partial charge in [0.1, 0.15) is 0 Å². The maximum absolute atomic E-state index is 2.50. The Morgan fingerprint density at radius 2 is 1.12 bits per heavy atom. The van der Waals surface area contributed by atoms with Gasteiger partial charge in [-0.15, -0.1) is 0 Å². The Labute approximate surface area is 203 Å². The zero-order valence-corrected chi connectivity index (χ0v) is 20.6. The van der Waals surface area contributed by atoms with Crippen LogP contribution in [0.4, 0.5) is 0 Å². The Balaban J connectivity index is 1.73. The van der Waals surface area contributed by atoms with Crippen LogP contribution in [0.5, 0.6) is 0 Å². The average Bonchev–Trinajstić information content (AvgIpc) is 3.10. The minimum absolute atomic E-state index is 0.277. The van der Waals surface area contributed by atoms with Gasteiger partial charge in [0, 0.05) is 13.1 Å². The number of hydrogen-bond acceptors (Lipinski definition) is 2. The van der Waals surface area contributed by atoms with Gasteiger partial charge in [0.15, 0.2) is 0 Å².